The number of aromatic amines is 1. The molecule has 0 aliphatic carbocycles. The van der Waals surface area contributed by atoms with Gasteiger partial charge in [0.15, 0.2) is 10.6 Å². The van der Waals surface area contributed by atoms with Crippen LogP contribution in [0.2, 0.25) is 0 Å². The third-order valence-corrected chi connectivity index (χ3v) is 3.65. The Balaban J connectivity index is 2.12. The molecule has 0 saturated heterocycles. The second-order valence-corrected chi connectivity index (χ2v) is 4.79. The lowest BCUT2D eigenvalue weighted by Gasteiger charge is -2.06. The number of fused-ring (bicyclic) bond motifs is 1. The van der Waals surface area contributed by atoms with Crippen LogP contribution < -0.4 is 4.74 Å². The number of imidazole rings is 1. The van der Waals surface area contributed by atoms with Crippen LogP contribution in [0.4, 0.5) is 0 Å². The number of nitrogens with one attached hydrogen (secondary N) is 1. The summed E-state index contributed by atoms with van der Waals surface area (Å²) in [6.45, 7) is 3.48. The molecule has 0 aliphatic heterocycles. The Morgan fingerprint density at radius 3 is 3.00 bits per heavy atom. The highest BCUT2D eigenvalue weighted by Gasteiger charge is 2.11. The van der Waals surface area contributed by atoms with E-state index in [4.69, 9.17) is 17.0 Å². The Bertz CT molecular complexity index is 801. The van der Waals surface area contributed by atoms with Crippen LogP contribution in [0.25, 0.3) is 11.0 Å². The van der Waals surface area contributed by atoms with Crippen molar-refractivity contribution in [3.8, 4) is 5.75 Å². The number of nitrogens with zero attached hydrogens (tertiary/aromatic N) is 4. The van der Waals surface area contributed by atoms with E-state index in [0.29, 0.717) is 11.3 Å². The van der Waals surface area contributed by atoms with Crippen molar-refractivity contribution in [1.82, 2.24) is 24.3 Å². The van der Waals surface area contributed by atoms with Gasteiger partial charge in [-0.2, -0.15) is 0 Å². The monoisotopic (exact) mass is 289 g/mol. The lowest BCUT2D eigenvalue weighted by atomic mass is 10.3. The van der Waals surface area contributed by atoms with Gasteiger partial charge in [-0.25, -0.2) is 0 Å². The van der Waals surface area contributed by atoms with Crippen molar-refractivity contribution >= 4 is 23.3 Å². The summed E-state index contributed by atoms with van der Waals surface area (Å²) >= 11 is 5.41. The zero-order chi connectivity index (χ0) is 14.1. The van der Waals surface area contributed by atoms with Gasteiger partial charge in [-0.05, 0) is 31.3 Å². The Morgan fingerprint density at radius 2 is 2.25 bits per heavy atom. The minimum absolute atomic E-state index is 0.583. The van der Waals surface area contributed by atoms with E-state index in [-0.39, 0.29) is 0 Å². The summed E-state index contributed by atoms with van der Waals surface area (Å²) < 4.78 is 10.0. The summed E-state index contributed by atoms with van der Waals surface area (Å²) in [4.78, 5) is 3.19. The first-order chi connectivity index (χ1) is 9.74. The van der Waals surface area contributed by atoms with E-state index < -0.39 is 0 Å². The molecule has 0 saturated carbocycles. The van der Waals surface area contributed by atoms with Crippen LogP contribution in [0.15, 0.2) is 24.5 Å². The van der Waals surface area contributed by atoms with E-state index in [2.05, 4.69) is 22.1 Å². The van der Waals surface area contributed by atoms with Gasteiger partial charge in [0.1, 0.15) is 17.6 Å². The largest absolute Gasteiger partial charge is 0.494 e. The maximum absolute atomic E-state index is 5.41. The maximum atomic E-state index is 5.41. The Labute approximate surface area is 121 Å². The number of H-pyrrole nitrogens is 1. The van der Waals surface area contributed by atoms with Crippen molar-refractivity contribution in [2.24, 2.45) is 0 Å². The van der Waals surface area contributed by atoms with Gasteiger partial charge in [0.05, 0.1) is 19.2 Å². The first-order valence-electron chi connectivity index (χ1n) is 6.36. The number of hydrogen-bond donors (Lipinski definition) is 1. The minimum atomic E-state index is 0.583. The third kappa shape index (κ3) is 2.00. The first kappa shape index (κ1) is 12.9. The number of aryl methyl sites for hydroxylation is 1. The van der Waals surface area contributed by atoms with Gasteiger partial charge >= 0.3 is 0 Å². The van der Waals surface area contributed by atoms with Gasteiger partial charge < -0.3 is 18.9 Å². The molecule has 0 radical (unpaired) electrons. The first-order valence-corrected chi connectivity index (χ1v) is 6.77. The zero-order valence-electron chi connectivity index (χ0n) is 11.3. The molecule has 2 heterocycles. The summed E-state index contributed by atoms with van der Waals surface area (Å²) in [6.07, 6.45) is 1.73. The van der Waals surface area contributed by atoms with Crippen LogP contribution in [-0.4, -0.2) is 31.4 Å². The number of ether oxygens (including phenoxy) is 1. The number of hydrogen-bond acceptors (Lipinski definition) is 4. The zero-order valence-corrected chi connectivity index (χ0v) is 12.1. The molecule has 6 nitrogen and oxygen atoms in total. The van der Waals surface area contributed by atoms with Crippen LogP contribution in [0, 0.1) is 4.77 Å². The molecule has 1 N–H and O–H groups in total. The SMILES string of the molecule is CCn1cnnc1Cn1c(=S)[nH]c2c(OC)cccc21. The molecular formula is C13H15N5OS. The summed E-state index contributed by atoms with van der Waals surface area (Å²) in [5.74, 6) is 1.66. The van der Waals surface area contributed by atoms with Crippen LogP contribution in [0.1, 0.15) is 12.7 Å². The normalized spacial score (nSPS) is 11.1. The molecule has 20 heavy (non-hydrogen) atoms. The Morgan fingerprint density at radius 1 is 1.40 bits per heavy atom. The van der Waals surface area contributed by atoms with E-state index in [1.54, 1.807) is 13.4 Å². The van der Waals surface area contributed by atoms with Gasteiger partial charge in [-0.1, -0.05) is 6.07 Å². The second-order valence-electron chi connectivity index (χ2n) is 4.40. The second kappa shape index (κ2) is 5.09. The standard InChI is InChI=1S/C13H15N5OS/c1-3-17-8-14-16-11(17)7-18-9-5-4-6-10(19-2)12(9)15-13(18)20/h4-6,8H,3,7H2,1-2H3,(H,15,20). The quantitative estimate of drug-likeness (QED) is 0.749. The van der Waals surface area contributed by atoms with E-state index in [1.165, 1.54) is 0 Å². The lowest BCUT2D eigenvalue weighted by molar-refractivity contribution is 0.419. The highest BCUT2D eigenvalue weighted by Crippen LogP contribution is 2.24. The van der Waals surface area contributed by atoms with Crippen LogP contribution in [-0.2, 0) is 13.1 Å². The molecule has 0 fully saturated rings. The molecule has 2 aromatic heterocycles. The number of rotatable bonds is 4. The average Bonchev–Trinajstić information content (AvgIpc) is 3.04. The van der Waals surface area contributed by atoms with Crippen LogP contribution in [0.5, 0.6) is 5.75 Å². The highest BCUT2D eigenvalue weighted by molar-refractivity contribution is 7.71. The fourth-order valence-electron chi connectivity index (χ4n) is 2.29. The van der Waals surface area contributed by atoms with E-state index in [0.717, 1.165) is 29.2 Å². The minimum Gasteiger partial charge on any atom is -0.494 e. The Hall–Kier alpha value is -2.15. The molecule has 0 amide bonds. The summed E-state index contributed by atoms with van der Waals surface area (Å²) in [7, 11) is 1.65. The van der Waals surface area contributed by atoms with Crippen molar-refractivity contribution in [3.05, 3.63) is 35.1 Å². The molecule has 0 atom stereocenters. The maximum Gasteiger partial charge on any atom is 0.178 e. The molecule has 0 unspecified atom stereocenters. The van der Waals surface area contributed by atoms with Gasteiger partial charge in [0.2, 0.25) is 0 Å². The van der Waals surface area contributed by atoms with E-state index in [1.807, 2.05) is 27.3 Å². The van der Waals surface area contributed by atoms with Gasteiger partial charge in [0, 0.05) is 6.54 Å². The van der Waals surface area contributed by atoms with E-state index in [9.17, 15) is 0 Å². The van der Waals surface area contributed by atoms with Crippen LogP contribution >= 0.6 is 12.2 Å². The highest BCUT2D eigenvalue weighted by atomic mass is 32.1. The molecule has 0 spiro atoms. The molecule has 104 valence electrons. The topological polar surface area (TPSA) is 60.7 Å². The smallest absolute Gasteiger partial charge is 0.178 e. The van der Waals surface area contributed by atoms with Gasteiger partial charge in [-0.15, -0.1) is 10.2 Å². The summed E-state index contributed by atoms with van der Waals surface area (Å²) in [5, 5.41) is 8.10. The Kier molecular flexibility index (Phi) is 3.27. The van der Waals surface area contributed by atoms with Crippen molar-refractivity contribution < 1.29 is 4.74 Å². The summed E-state index contributed by atoms with van der Waals surface area (Å²) in [5.41, 5.74) is 1.91. The molecule has 3 rings (SSSR count). The van der Waals surface area contributed by atoms with Crippen molar-refractivity contribution in [1.29, 1.82) is 0 Å². The van der Waals surface area contributed by atoms with Crippen LogP contribution in [0.3, 0.4) is 0 Å². The molecule has 0 aliphatic rings. The third-order valence-electron chi connectivity index (χ3n) is 3.33. The number of aromatic nitrogens is 5. The molecule has 1 aromatic carbocycles. The van der Waals surface area contributed by atoms with E-state index >= 15 is 0 Å². The predicted octanol–water partition coefficient (Wildman–Crippen LogP) is 2.37. The lowest BCUT2D eigenvalue weighted by Crippen LogP contribution is -2.07. The molecule has 3 aromatic rings. The van der Waals surface area contributed by atoms with Gasteiger partial charge in [-0.3, -0.25) is 0 Å². The fourth-order valence-corrected chi connectivity index (χ4v) is 2.55. The predicted molar refractivity (Wildman–Crippen MR) is 78.5 cm³/mol. The number of methoxy groups -OCH3 is 1. The molecular weight excluding hydrogens is 274 g/mol. The van der Waals surface area contributed by atoms with Crippen molar-refractivity contribution in [3.63, 3.8) is 0 Å². The van der Waals surface area contributed by atoms with Crippen molar-refractivity contribution in [2.45, 2.75) is 20.0 Å². The molecule has 0 bridgehead atoms. The van der Waals surface area contributed by atoms with Crippen molar-refractivity contribution in [2.75, 3.05) is 7.11 Å². The fraction of sp³-hybridized carbons (Fsp3) is 0.308. The number of para-hydroxylation sites is 1. The van der Waals surface area contributed by atoms with Gasteiger partial charge in [0.25, 0.3) is 0 Å². The molecule has 7 heteroatoms. The summed E-state index contributed by atoms with van der Waals surface area (Å²) in [6, 6.07) is 5.87. The number of benzene rings is 1. The average molecular weight is 289 g/mol.